The molecule has 1 aromatic carbocycles. The van der Waals surface area contributed by atoms with Gasteiger partial charge in [0.1, 0.15) is 11.4 Å². The van der Waals surface area contributed by atoms with Crippen molar-refractivity contribution < 1.29 is 9.53 Å². The number of carbonyl (C=O) groups is 1. The van der Waals surface area contributed by atoms with Crippen LogP contribution >= 0.6 is 0 Å². The van der Waals surface area contributed by atoms with Crippen LogP contribution in [0.3, 0.4) is 0 Å². The van der Waals surface area contributed by atoms with Gasteiger partial charge in [0.15, 0.2) is 0 Å². The van der Waals surface area contributed by atoms with E-state index in [9.17, 15) is 4.79 Å². The lowest BCUT2D eigenvalue weighted by molar-refractivity contribution is 0.0945. The van der Waals surface area contributed by atoms with Gasteiger partial charge in [0.05, 0.1) is 7.11 Å². The van der Waals surface area contributed by atoms with Gasteiger partial charge in [-0.3, -0.25) is 4.79 Å². The topological polar surface area (TPSA) is 67.3 Å². The van der Waals surface area contributed by atoms with Crippen molar-refractivity contribution in [3.05, 3.63) is 47.3 Å². The smallest absolute Gasteiger partial charge is 0.270 e. The molecule has 0 saturated heterocycles. The molecule has 1 N–H and O–H groups in total. The number of carbonyl (C=O) groups excluding carboxylic acids is 1. The molecule has 2 rings (SSSR count). The molecule has 22 heavy (non-hydrogen) atoms. The number of methoxy groups -OCH3 is 1. The van der Waals surface area contributed by atoms with Crippen LogP contribution in [0.15, 0.2) is 30.3 Å². The largest absolute Gasteiger partial charge is 0.497 e. The molecule has 2 aromatic rings. The van der Waals surface area contributed by atoms with Gasteiger partial charge in [-0.25, -0.2) is 9.97 Å². The van der Waals surface area contributed by atoms with E-state index in [4.69, 9.17) is 4.74 Å². The van der Waals surface area contributed by atoms with Crippen molar-refractivity contribution in [3.8, 4) is 5.75 Å². The SMILES string of the molecule is COc1ccc(CNC(=O)c2cc(C)nc(N(C)C)n2)cc1. The summed E-state index contributed by atoms with van der Waals surface area (Å²) in [7, 11) is 5.30. The summed E-state index contributed by atoms with van der Waals surface area (Å²) < 4.78 is 5.10. The van der Waals surface area contributed by atoms with Crippen molar-refractivity contribution in [3.63, 3.8) is 0 Å². The Morgan fingerprint density at radius 1 is 1.23 bits per heavy atom. The van der Waals surface area contributed by atoms with Crippen molar-refractivity contribution in [2.45, 2.75) is 13.5 Å². The lowest BCUT2D eigenvalue weighted by Gasteiger charge is -2.12. The summed E-state index contributed by atoms with van der Waals surface area (Å²) in [4.78, 5) is 22.5. The Morgan fingerprint density at radius 2 is 1.91 bits per heavy atom. The maximum absolute atomic E-state index is 12.2. The summed E-state index contributed by atoms with van der Waals surface area (Å²) in [6.45, 7) is 2.28. The highest BCUT2D eigenvalue weighted by Crippen LogP contribution is 2.11. The summed E-state index contributed by atoms with van der Waals surface area (Å²) in [5.74, 6) is 1.09. The lowest BCUT2D eigenvalue weighted by atomic mass is 10.2. The summed E-state index contributed by atoms with van der Waals surface area (Å²) in [5.41, 5.74) is 2.12. The van der Waals surface area contributed by atoms with Crippen LogP contribution in [0.1, 0.15) is 21.7 Å². The zero-order valence-corrected chi connectivity index (χ0v) is 13.3. The molecular formula is C16H20N4O2. The number of anilines is 1. The van der Waals surface area contributed by atoms with E-state index in [0.29, 0.717) is 18.2 Å². The van der Waals surface area contributed by atoms with Crippen molar-refractivity contribution >= 4 is 11.9 Å². The summed E-state index contributed by atoms with van der Waals surface area (Å²) in [6, 6.07) is 9.22. The molecule has 0 bridgehead atoms. The van der Waals surface area contributed by atoms with Crippen molar-refractivity contribution in [1.82, 2.24) is 15.3 Å². The van der Waals surface area contributed by atoms with Gasteiger partial charge in [-0.05, 0) is 30.7 Å². The number of aromatic nitrogens is 2. The number of amides is 1. The highest BCUT2D eigenvalue weighted by molar-refractivity contribution is 5.92. The van der Waals surface area contributed by atoms with E-state index in [0.717, 1.165) is 17.0 Å². The summed E-state index contributed by atoms with van der Waals surface area (Å²) in [6.07, 6.45) is 0. The first-order chi connectivity index (χ1) is 10.5. The molecule has 116 valence electrons. The number of hydrogen-bond acceptors (Lipinski definition) is 5. The molecule has 0 aliphatic carbocycles. The van der Waals surface area contributed by atoms with Gasteiger partial charge in [0.25, 0.3) is 5.91 Å². The minimum absolute atomic E-state index is 0.218. The second-order valence-corrected chi connectivity index (χ2v) is 5.12. The summed E-state index contributed by atoms with van der Waals surface area (Å²) >= 11 is 0. The predicted molar refractivity (Wildman–Crippen MR) is 85.3 cm³/mol. The molecule has 1 amide bonds. The maximum Gasteiger partial charge on any atom is 0.270 e. The molecule has 0 saturated carbocycles. The molecule has 0 fully saturated rings. The second-order valence-electron chi connectivity index (χ2n) is 5.12. The second kappa shape index (κ2) is 6.89. The Bertz CT molecular complexity index is 654. The predicted octanol–water partition coefficient (Wildman–Crippen LogP) is 1.79. The normalized spacial score (nSPS) is 10.2. The third-order valence-corrected chi connectivity index (χ3v) is 3.09. The van der Waals surface area contributed by atoms with Crippen molar-refractivity contribution in [1.29, 1.82) is 0 Å². The van der Waals surface area contributed by atoms with Crippen LogP contribution in [0.2, 0.25) is 0 Å². The lowest BCUT2D eigenvalue weighted by Crippen LogP contribution is -2.25. The Balaban J connectivity index is 2.05. The fraction of sp³-hybridized carbons (Fsp3) is 0.312. The Morgan fingerprint density at radius 3 is 2.50 bits per heavy atom. The molecule has 0 radical (unpaired) electrons. The first-order valence-corrected chi connectivity index (χ1v) is 6.93. The van der Waals surface area contributed by atoms with Gasteiger partial charge in [-0.15, -0.1) is 0 Å². The van der Waals surface area contributed by atoms with E-state index >= 15 is 0 Å². The van der Waals surface area contributed by atoms with Gasteiger partial charge in [0.2, 0.25) is 5.95 Å². The van der Waals surface area contributed by atoms with Gasteiger partial charge in [-0.2, -0.15) is 0 Å². The number of nitrogens with zero attached hydrogens (tertiary/aromatic N) is 3. The van der Waals surface area contributed by atoms with Crippen LogP contribution < -0.4 is 15.0 Å². The zero-order valence-electron chi connectivity index (χ0n) is 13.3. The minimum Gasteiger partial charge on any atom is -0.497 e. The molecule has 0 aliphatic heterocycles. The van der Waals surface area contributed by atoms with Crippen LogP contribution in [0.4, 0.5) is 5.95 Å². The first-order valence-electron chi connectivity index (χ1n) is 6.93. The van der Waals surface area contributed by atoms with Gasteiger partial charge >= 0.3 is 0 Å². The molecule has 1 heterocycles. The van der Waals surface area contributed by atoms with Crippen LogP contribution in [-0.2, 0) is 6.54 Å². The molecule has 1 aromatic heterocycles. The highest BCUT2D eigenvalue weighted by atomic mass is 16.5. The number of hydrogen-bond donors (Lipinski definition) is 1. The first kappa shape index (κ1) is 15.8. The highest BCUT2D eigenvalue weighted by Gasteiger charge is 2.11. The van der Waals surface area contributed by atoms with Crippen LogP contribution in [-0.4, -0.2) is 37.1 Å². The standard InChI is InChI=1S/C16H20N4O2/c1-11-9-14(19-16(18-11)20(2)3)15(21)17-10-12-5-7-13(22-4)8-6-12/h5-9H,10H2,1-4H3,(H,17,21). The van der Waals surface area contributed by atoms with Crippen molar-refractivity contribution in [2.75, 3.05) is 26.1 Å². The maximum atomic E-state index is 12.2. The van der Waals surface area contributed by atoms with E-state index in [2.05, 4.69) is 15.3 Å². The Kier molecular flexibility index (Phi) is 4.93. The quantitative estimate of drug-likeness (QED) is 0.912. The van der Waals surface area contributed by atoms with Gasteiger partial charge in [0, 0.05) is 26.3 Å². The van der Waals surface area contributed by atoms with Crippen LogP contribution in [0.25, 0.3) is 0 Å². The molecule has 0 aliphatic rings. The molecular weight excluding hydrogens is 280 g/mol. The third kappa shape index (κ3) is 3.94. The van der Waals surface area contributed by atoms with E-state index in [-0.39, 0.29) is 5.91 Å². The number of aryl methyl sites for hydroxylation is 1. The zero-order chi connectivity index (χ0) is 16.1. The number of benzene rings is 1. The van der Waals surface area contributed by atoms with E-state index in [1.807, 2.05) is 45.3 Å². The van der Waals surface area contributed by atoms with Crippen molar-refractivity contribution in [2.24, 2.45) is 0 Å². The number of nitrogens with one attached hydrogen (secondary N) is 1. The Hall–Kier alpha value is -2.63. The number of ether oxygens (including phenoxy) is 1. The fourth-order valence-corrected chi connectivity index (χ4v) is 1.89. The Labute approximate surface area is 130 Å². The average molecular weight is 300 g/mol. The minimum atomic E-state index is -0.218. The van der Waals surface area contributed by atoms with E-state index in [1.165, 1.54) is 0 Å². The third-order valence-electron chi connectivity index (χ3n) is 3.09. The average Bonchev–Trinajstić information content (AvgIpc) is 2.52. The van der Waals surface area contributed by atoms with Gasteiger partial charge in [-0.1, -0.05) is 12.1 Å². The van der Waals surface area contributed by atoms with E-state index in [1.54, 1.807) is 18.1 Å². The number of rotatable bonds is 5. The monoisotopic (exact) mass is 300 g/mol. The fourth-order valence-electron chi connectivity index (χ4n) is 1.89. The van der Waals surface area contributed by atoms with E-state index < -0.39 is 0 Å². The molecule has 0 unspecified atom stereocenters. The molecule has 6 nitrogen and oxygen atoms in total. The van der Waals surface area contributed by atoms with Crippen LogP contribution in [0.5, 0.6) is 5.75 Å². The molecule has 0 spiro atoms. The molecule has 6 heteroatoms. The summed E-state index contributed by atoms with van der Waals surface area (Å²) in [5, 5.41) is 2.86. The van der Waals surface area contributed by atoms with Gasteiger partial charge < -0.3 is 15.0 Å². The van der Waals surface area contributed by atoms with Crippen LogP contribution in [0, 0.1) is 6.92 Å². The molecule has 0 atom stereocenters.